The summed E-state index contributed by atoms with van der Waals surface area (Å²) >= 11 is 6.14. The van der Waals surface area contributed by atoms with E-state index in [1.54, 1.807) is 6.07 Å². The van der Waals surface area contributed by atoms with Crippen LogP contribution in [0.4, 0.5) is 0 Å². The molecule has 2 N–H and O–H groups in total. The first-order valence-corrected chi connectivity index (χ1v) is 7.15. The molecule has 104 valence electrons. The van der Waals surface area contributed by atoms with Crippen molar-refractivity contribution in [3.05, 3.63) is 34.3 Å². The Morgan fingerprint density at radius 1 is 1.42 bits per heavy atom. The van der Waals surface area contributed by atoms with Gasteiger partial charge in [-0.25, -0.2) is 0 Å². The number of benzene rings is 1. The second kappa shape index (κ2) is 6.40. The molecule has 2 atom stereocenters. The summed E-state index contributed by atoms with van der Waals surface area (Å²) in [5, 5.41) is 12.7. The highest BCUT2D eigenvalue weighted by Crippen LogP contribution is 2.30. The number of aliphatic hydroxyl groups is 1. The molecule has 1 aromatic rings. The van der Waals surface area contributed by atoms with E-state index in [4.69, 9.17) is 11.6 Å². The largest absolute Gasteiger partial charge is 0.396 e. The van der Waals surface area contributed by atoms with Crippen LogP contribution in [0, 0.1) is 18.8 Å². The Hall–Kier alpha value is -1.06. The molecule has 3 nitrogen and oxygen atoms in total. The third-order valence-corrected chi connectivity index (χ3v) is 4.51. The maximum Gasteiger partial charge on any atom is 0.252 e. The molecule has 4 heteroatoms. The van der Waals surface area contributed by atoms with Gasteiger partial charge < -0.3 is 10.4 Å². The van der Waals surface area contributed by atoms with Crippen LogP contribution in [-0.4, -0.2) is 24.2 Å². The lowest BCUT2D eigenvalue weighted by Crippen LogP contribution is -2.31. The predicted octanol–water partition coefficient (Wildman–Crippen LogP) is 2.79. The van der Waals surface area contributed by atoms with Crippen LogP contribution in [0.1, 0.15) is 35.2 Å². The van der Waals surface area contributed by atoms with Gasteiger partial charge in [0.05, 0.1) is 10.6 Å². The molecule has 1 fully saturated rings. The summed E-state index contributed by atoms with van der Waals surface area (Å²) in [6.45, 7) is 2.72. The number of hydrogen-bond donors (Lipinski definition) is 2. The summed E-state index contributed by atoms with van der Waals surface area (Å²) in [5.41, 5.74) is 1.43. The molecule has 2 unspecified atom stereocenters. The zero-order chi connectivity index (χ0) is 13.8. The third kappa shape index (κ3) is 3.28. The van der Waals surface area contributed by atoms with Gasteiger partial charge in [0.15, 0.2) is 0 Å². The molecule has 0 saturated heterocycles. The van der Waals surface area contributed by atoms with E-state index < -0.39 is 0 Å². The van der Waals surface area contributed by atoms with Gasteiger partial charge in [-0.3, -0.25) is 4.79 Å². The third-order valence-electron chi connectivity index (χ3n) is 4.01. The number of rotatable bonds is 4. The second-order valence-corrected chi connectivity index (χ2v) is 5.66. The molecular weight excluding hydrogens is 262 g/mol. The van der Waals surface area contributed by atoms with E-state index in [0.29, 0.717) is 29.0 Å². The fourth-order valence-corrected chi connectivity index (χ4v) is 2.98. The molecule has 0 aromatic heterocycles. The average Bonchev–Trinajstić information content (AvgIpc) is 2.86. The topological polar surface area (TPSA) is 49.3 Å². The highest BCUT2D eigenvalue weighted by atomic mass is 35.5. The maximum absolute atomic E-state index is 12.1. The number of carbonyl (C=O) groups is 1. The molecule has 1 aliphatic rings. The molecule has 1 amide bonds. The summed E-state index contributed by atoms with van der Waals surface area (Å²) in [6, 6.07) is 5.46. The lowest BCUT2D eigenvalue weighted by molar-refractivity contribution is 0.0938. The van der Waals surface area contributed by atoms with Gasteiger partial charge in [-0.2, -0.15) is 0 Å². The van der Waals surface area contributed by atoms with Gasteiger partial charge >= 0.3 is 0 Å². The normalized spacial score (nSPS) is 22.5. The Morgan fingerprint density at radius 2 is 2.16 bits per heavy atom. The van der Waals surface area contributed by atoms with Crippen LogP contribution >= 0.6 is 11.6 Å². The molecule has 19 heavy (non-hydrogen) atoms. The molecule has 1 aliphatic carbocycles. The van der Waals surface area contributed by atoms with Crippen molar-refractivity contribution < 1.29 is 9.90 Å². The quantitative estimate of drug-likeness (QED) is 0.892. The Balaban J connectivity index is 1.96. The van der Waals surface area contributed by atoms with Crippen LogP contribution in [0.2, 0.25) is 5.02 Å². The summed E-state index contributed by atoms with van der Waals surface area (Å²) in [4.78, 5) is 12.1. The summed E-state index contributed by atoms with van der Waals surface area (Å²) in [6.07, 6.45) is 3.27. The van der Waals surface area contributed by atoms with E-state index in [9.17, 15) is 9.90 Å². The summed E-state index contributed by atoms with van der Waals surface area (Å²) in [7, 11) is 0. The monoisotopic (exact) mass is 281 g/mol. The first-order valence-electron chi connectivity index (χ1n) is 6.77. The van der Waals surface area contributed by atoms with Crippen molar-refractivity contribution in [2.24, 2.45) is 11.8 Å². The molecule has 0 spiro atoms. The Labute approximate surface area is 119 Å². The SMILES string of the molecule is Cc1cccc(C(=O)NCC2CCCC2CO)c1Cl. The first-order chi connectivity index (χ1) is 9.13. The molecule has 1 aromatic carbocycles. The Morgan fingerprint density at radius 3 is 2.89 bits per heavy atom. The Kier molecular flexibility index (Phi) is 4.83. The highest BCUT2D eigenvalue weighted by Gasteiger charge is 2.27. The lowest BCUT2D eigenvalue weighted by atomic mass is 9.97. The van der Waals surface area contributed by atoms with E-state index in [-0.39, 0.29) is 12.5 Å². The van der Waals surface area contributed by atoms with Crippen molar-refractivity contribution >= 4 is 17.5 Å². The molecular formula is C15H20ClNO2. The summed E-state index contributed by atoms with van der Waals surface area (Å²) < 4.78 is 0. The minimum Gasteiger partial charge on any atom is -0.396 e. The van der Waals surface area contributed by atoms with E-state index in [0.717, 1.165) is 24.8 Å². The van der Waals surface area contributed by atoms with Crippen molar-refractivity contribution in [3.8, 4) is 0 Å². The minimum atomic E-state index is -0.128. The van der Waals surface area contributed by atoms with Crippen LogP contribution in [0.3, 0.4) is 0 Å². The molecule has 0 bridgehead atoms. The second-order valence-electron chi connectivity index (χ2n) is 5.28. The molecule has 0 heterocycles. The zero-order valence-corrected chi connectivity index (χ0v) is 11.9. The fourth-order valence-electron chi connectivity index (χ4n) is 2.76. The van der Waals surface area contributed by atoms with Crippen LogP contribution in [0.25, 0.3) is 0 Å². The van der Waals surface area contributed by atoms with Gasteiger partial charge in [0.2, 0.25) is 0 Å². The molecule has 2 rings (SSSR count). The van der Waals surface area contributed by atoms with Crippen molar-refractivity contribution in [2.75, 3.05) is 13.2 Å². The van der Waals surface area contributed by atoms with Gasteiger partial charge in [0, 0.05) is 13.2 Å². The van der Waals surface area contributed by atoms with Gasteiger partial charge in [-0.1, -0.05) is 30.2 Å². The van der Waals surface area contributed by atoms with Crippen LogP contribution < -0.4 is 5.32 Å². The smallest absolute Gasteiger partial charge is 0.252 e. The van der Waals surface area contributed by atoms with Crippen molar-refractivity contribution in [1.82, 2.24) is 5.32 Å². The van der Waals surface area contributed by atoms with Crippen molar-refractivity contribution in [2.45, 2.75) is 26.2 Å². The van der Waals surface area contributed by atoms with Crippen molar-refractivity contribution in [3.63, 3.8) is 0 Å². The number of amides is 1. The van der Waals surface area contributed by atoms with Gasteiger partial charge in [0.1, 0.15) is 0 Å². The average molecular weight is 282 g/mol. The number of carbonyl (C=O) groups excluding carboxylic acids is 1. The fraction of sp³-hybridized carbons (Fsp3) is 0.533. The van der Waals surface area contributed by atoms with Gasteiger partial charge in [-0.15, -0.1) is 0 Å². The maximum atomic E-state index is 12.1. The first kappa shape index (κ1) is 14.4. The Bertz CT molecular complexity index is 461. The number of hydrogen-bond acceptors (Lipinski definition) is 2. The zero-order valence-electron chi connectivity index (χ0n) is 11.2. The standard InChI is InChI=1S/C15H20ClNO2/c1-10-4-2-7-13(14(10)16)15(19)17-8-11-5-3-6-12(11)9-18/h2,4,7,11-12,18H,3,5-6,8-9H2,1H3,(H,17,19). The predicted molar refractivity (Wildman–Crippen MR) is 76.4 cm³/mol. The molecule has 1 saturated carbocycles. The molecule has 0 radical (unpaired) electrons. The van der Waals surface area contributed by atoms with Crippen LogP contribution in [0.5, 0.6) is 0 Å². The summed E-state index contributed by atoms with van der Waals surface area (Å²) in [5.74, 6) is 0.586. The van der Waals surface area contributed by atoms with E-state index in [2.05, 4.69) is 5.32 Å². The van der Waals surface area contributed by atoms with Gasteiger partial charge in [0.25, 0.3) is 5.91 Å². The van der Waals surface area contributed by atoms with E-state index in [1.165, 1.54) is 0 Å². The number of nitrogens with one attached hydrogen (secondary N) is 1. The lowest BCUT2D eigenvalue weighted by Gasteiger charge is -2.18. The number of aliphatic hydroxyl groups excluding tert-OH is 1. The highest BCUT2D eigenvalue weighted by molar-refractivity contribution is 6.34. The number of aryl methyl sites for hydroxylation is 1. The van der Waals surface area contributed by atoms with Crippen LogP contribution in [0.15, 0.2) is 18.2 Å². The van der Waals surface area contributed by atoms with Crippen LogP contribution in [-0.2, 0) is 0 Å². The molecule has 0 aliphatic heterocycles. The van der Waals surface area contributed by atoms with Crippen molar-refractivity contribution in [1.29, 1.82) is 0 Å². The van der Waals surface area contributed by atoms with Gasteiger partial charge in [-0.05, 0) is 43.2 Å². The van der Waals surface area contributed by atoms with E-state index >= 15 is 0 Å². The number of halogens is 1. The minimum absolute atomic E-state index is 0.128. The van der Waals surface area contributed by atoms with E-state index in [1.807, 2.05) is 19.1 Å².